The maximum absolute atomic E-state index is 12.4. The molecule has 0 spiro atoms. The molecule has 1 aromatic carbocycles. The number of primary amides is 1. The van der Waals surface area contributed by atoms with Crippen LogP contribution >= 0.6 is 0 Å². The van der Waals surface area contributed by atoms with Crippen molar-refractivity contribution in [3.8, 4) is 11.1 Å². The molecule has 2 heterocycles. The third-order valence-electron chi connectivity index (χ3n) is 5.77. The normalized spacial score (nSPS) is 14.6. The summed E-state index contributed by atoms with van der Waals surface area (Å²) in [4.78, 5) is 26.5. The highest BCUT2D eigenvalue weighted by Crippen LogP contribution is 2.33. The van der Waals surface area contributed by atoms with Crippen LogP contribution in [-0.4, -0.2) is 61.3 Å². The highest BCUT2D eigenvalue weighted by molar-refractivity contribution is 6.02. The number of methoxy groups -OCH3 is 1. The van der Waals surface area contributed by atoms with E-state index in [4.69, 9.17) is 15.2 Å². The molecular formula is C23H31N3O4. The molecule has 2 aromatic rings. The monoisotopic (exact) mass is 413 g/mol. The lowest BCUT2D eigenvalue weighted by molar-refractivity contribution is 0.0369. The van der Waals surface area contributed by atoms with Crippen LogP contribution < -0.4 is 5.73 Å². The van der Waals surface area contributed by atoms with Gasteiger partial charge in [0.2, 0.25) is 0 Å². The van der Waals surface area contributed by atoms with Gasteiger partial charge in [-0.25, -0.2) is 4.79 Å². The molecule has 0 atom stereocenters. The Morgan fingerprint density at radius 2 is 1.80 bits per heavy atom. The topological polar surface area (TPSA) is 86.8 Å². The van der Waals surface area contributed by atoms with Gasteiger partial charge in [-0.15, -0.1) is 0 Å². The minimum absolute atomic E-state index is 0.385. The third-order valence-corrected chi connectivity index (χ3v) is 5.77. The largest absolute Gasteiger partial charge is 0.465 e. The van der Waals surface area contributed by atoms with Gasteiger partial charge in [-0.05, 0) is 37.5 Å². The first-order valence-corrected chi connectivity index (χ1v) is 10.5. The van der Waals surface area contributed by atoms with Crippen molar-refractivity contribution in [3.63, 3.8) is 0 Å². The molecule has 0 saturated carbocycles. The number of benzene rings is 1. The van der Waals surface area contributed by atoms with Crippen LogP contribution in [0, 0.1) is 6.92 Å². The van der Waals surface area contributed by atoms with Gasteiger partial charge in [0.15, 0.2) is 0 Å². The van der Waals surface area contributed by atoms with Crippen LogP contribution in [0.5, 0.6) is 0 Å². The van der Waals surface area contributed by atoms with Gasteiger partial charge in [-0.3, -0.25) is 9.69 Å². The molecule has 1 fully saturated rings. The second-order valence-electron chi connectivity index (χ2n) is 7.53. The van der Waals surface area contributed by atoms with Crippen LogP contribution in [-0.2, 0) is 22.4 Å². The zero-order valence-corrected chi connectivity index (χ0v) is 18.1. The highest BCUT2D eigenvalue weighted by Gasteiger charge is 2.24. The number of esters is 1. The Bertz CT molecular complexity index is 896. The number of rotatable bonds is 8. The number of carbonyl (C=O) groups is 2. The summed E-state index contributed by atoms with van der Waals surface area (Å²) in [6.45, 7) is 9.39. The van der Waals surface area contributed by atoms with E-state index in [2.05, 4.69) is 16.4 Å². The molecule has 1 amide bonds. The van der Waals surface area contributed by atoms with E-state index in [-0.39, 0.29) is 5.97 Å². The van der Waals surface area contributed by atoms with Gasteiger partial charge >= 0.3 is 5.97 Å². The van der Waals surface area contributed by atoms with E-state index in [1.165, 1.54) is 7.11 Å². The summed E-state index contributed by atoms with van der Waals surface area (Å²) in [6.07, 6.45) is 1.77. The first-order chi connectivity index (χ1) is 14.5. The number of aromatic nitrogens is 1. The zero-order valence-electron chi connectivity index (χ0n) is 18.1. The first-order valence-electron chi connectivity index (χ1n) is 10.5. The molecule has 162 valence electrons. The van der Waals surface area contributed by atoms with Crippen molar-refractivity contribution in [2.24, 2.45) is 5.73 Å². The molecule has 0 unspecified atom stereocenters. The van der Waals surface area contributed by atoms with E-state index in [0.29, 0.717) is 11.1 Å². The Balaban J connectivity index is 1.91. The quantitative estimate of drug-likeness (QED) is 0.673. The lowest BCUT2D eigenvalue weighted by atomic mass is 9.98. The minimum Gasteiger partial charge on any atom is -0.465 e. The van der Waals surface area contributed by atoms with Gasteiger partial charge < -0.3 is 19.8 Å². The Morgan fingerprint density at radius 1 is 1.13 bits per heavy atom. The number of carbonyl (C=O) groups excluding carboxylic acids is 2. The van der Waals surface area contributed by atoms with E-state index in [1.807, 2.05) is 19.1 Å². The second-order valence-corrected chi connectivity index (χ2v) is 7.53. The average molecular weight is 414 g/mol. The summed E-state index contributed by atoms with van der Waals surface area (Å²) < 4.78 is 12.4. The minimum atomic E-state index is -0.429. The molecule has 3 rings (SSSR count). The van der Waals surface area contributed by atoms with Crippen LogP contribution in [0.2, 0.25) is 0 Å². The van der Waals surface area contributed by atoms with Gasteiger partial charge in [0, 0.05) is 43.1 Å². The fourth-order valence-corrected chi connectivity index (χ4v) is 4.25. The van der Waals surface area contributed by atoms with Crippen molar-refractivity contribution < 1.29 is 19.1 Å². The number of nitrogens with zero attached hydrogens (tertiary/aromatic N) is 2. The highest BCUT2D eigenvalue weighted by atomic mass is 16.5. The summed E-state index contributed by atoms with van der Waals surface area (Å²) in [5.41, 5.74) is 10.6. The number of hydrogen-bond donors (Lipinski definition) is 1. The smallest absolute Gasteiger partial charge is 0.337 e. The summed E-state index contributed by atoms with van der Waals surface area (Å²) in [7, 11) is 1.36. The molecule has 7 nitrogen and oxygen atoms in total. The molecule has 1 aliphatic heterocycles. The molecule has 1 aliphatic rings. The van der Waals surface area contributed by atoms with Gasteiger partial charge in [0.25, 0.3) is 5.91 Å². The zero-order chi connectivity index (χ0) is 21.7. The number of ether oxygens (including phenoxy) is 2. The van der Waals surface area contributed by atoms with Crippen molar-refractivity contribution in [1.29, 1.82) is 0 Å². The van der Waals surface area contributed by atoms with Crippen molar-refractivity contribution in [2.75, 3.05) is 40.0 Å². The van der Waals surface area contributed by atoms with Crippen LogP contribution in [0.3, 0.4) is 0 Å². The fourth-order valence-electron chi connectivity index (χ4n) is 4.25. The van der Waals surface area contributed by atoms with Gasteiger partial charge in [0.1, 0.15) is 0 Å². The molecule has 7 heteroatoms. The van der Waals surface area contributed by atoms with Crippen molar-refractivity contribution in [3.05, 3.63) is 46.8 Å². The maximum atomic E-state index is 12.4. The van der Waals surface area contributed by atoms with Crippen LogP contribution in [0.15, 0.2) is 24.3 Å². The first kappa shape index (κ1) is 22.1. The lowest BCUT2D eigenvalue weighted by Crippen LogP contribution is -2.37. The van der Waals surface area contributed by atoms with Crippen LogP contribution in [0.4, 0.5) is 0 Å². The van der Waals surface area contributed by atoms with E-state index in [9.17, 15) is 9.59 Å². The molecule has 0 aliphatic carbocycles. The Labute approximate surface area is 177 Å². The number of morpholine rings is 1. The summed E-state index contributed by atoms with van der Waals surface area (Å²) in [6, 6.07) is 7.14. The van der Waals surface area contributed by atoms with Gasteiger partial charge in [-0.2, -0.15) is 0 Å². The van der Waals surface area contributed by atoms with Gasteiger partial charge in [0.05, 0.1) is 31.5 Å². The second kappa shape index (κ2) is 9.91. The number of nitrogens with two attached hydrogens (primary N) is 1. The summed E-state index contributed by atoms with van der Waals surface area (Å²) in [5.74, 6) is -0.814. The van der Waals surface area contributed by atoms with Crippen molar-refractivity contribution in [2.45, 2.75) is 33.2 Å². The fraction of sp³-hybridized carbons (Fsp3) is 0.478. The molecule has 30 heavy (non-hydrogen) atoms. The Morgan fingerprint density at radius 3 is 2.37 bits per heavy atom. The average Bonchev–Trinajstić information content (AvgIpc) is 3.05. The van der Waals surface area contributed by atoms with E-state index in [1.54, 1.807) is 12.1 Å². The standard InChI is InChI=1S/C23H31N3O4/c1-4-19-21(17-6-8-18(9-7-17)23(28)29-3)20(22(24)27)16(2)26(19)11-5-10-25-12-14-30-15-13-25/h6-9H,4-5,10-15H2,1-3H3,(H2,24,27). The number of hydrogen-bond acceptors (Lipinski definition) is 5. The van der Waals surface area contributed by atoms with Crippen LogP contribution in [0.1, 0.15) is 45.4 Å². The molecule has 2 N–H and O–H groups in total. The van der Waals surface area contributed by atoms with E-state index < -0.39 is 5.91 Å². The van der Waals surface area contributed by atoms with Crippen molar-refractivity contribution >= 4 is 11.9 Å². The van der Waals surface area contributed by atoms with Gasteiger partial charge in [-0.1, -0.05) is 19.1 Å². The number of amides is 1. The summed E-state index contributed by atoms with van der Waals surface area (Å²) in [5, 5.41) is 0. The lowest BCUT2D eigenvalue weighted by Gasteiger charge is -2.26. The SMILES string of the molecule is CCc1c(-c2ccc(C(=O)OC)cc2)c(C(N)=O)c(C)n1CCCN1CCOCC1. The maximum Gasteiger partial charge on any atom is 0.337 e. The Kier molecular flexibility index (Phi) is 7.29. The molecule has 0 bridgehead atoms. The predicted molar refractivity (Wildman–Crippen MR) is 116 cm³/mol. The Hall–Kier alpha value is -2.64. The van der Waals surface area contributed by atoms with E-state index >= 15 is 0 Å². The third kappa shape index (κ3) is 4.57. The molecule has 0 radical (unpaired) electrons. The molecule has 1 aromatic heterocycles. The summed E-state index contributed by atoms with van der Waals surface area (Å²) >= 11 is 0. The predicted octanol–water partition coefficient (Wildman–Crippen LogP) is 2.63. The van der Waals surface area contributed by atoms with E-state index in [0.717, 1.165) is 74.7 Å². The molecule has 1 saturated heterocycles. The molecular weight excluding hydrogens is 382 g/mol. The van der Waals surface area contributed by atoms with Crippen LogP contribution in [0.25, 0.3) is 11.1 Å². The van der Waals surface area contributed by atoms with Crippen molar-refractivity contribution in [1.82, 2.24) is 9.47 Å².